The van der Waals surface area contributed by atoms with Gasteiger partial charge in [-0.1, -0.05) is 41.7 Å². The topological polar surface area (TPSA) is 88.5 Å². The van der Waals surface area contributed by atoms with E-state index < -0.39 is 22.5 Å². The highest BCUT2D eigenvalue weighted by molar-refractivity contribution is 7.92. The third kappa shape index (κ3) is 4.42. The number of hydrogen-bond donors (Lipinski definition) is 1. The summed E-state index contributed by atoms with van der Waals surface area (Å²) >= 11 is 1.09. The van der Waals surface area contributed by atoms with Gasteiger partial charge in [-0.15, -0.1) is 0 Å². The van der Waals surface area contributed by atoms with Crippen molar-refractivity contribution < 1.29 is 13.2 Å². The molecule has 9 heteroatoms. The van der Waals surface area contributed by atoms with Crippen LogP contribution in [0.25, 0.3) is 10.2 Å². The molecule has 3 aromatic carbocycles. The third-order valence-corrected chi connectivity index (χ3v) is 8.31. The lowest BCUT2D eigenvalue weighted by Crippen LogP contribution is -2.38. The number of carbonyl (C=O) groups excluding carboxylic acids is 1. The van der Waals surface area contributed by atoms with E-state index in [2.05, 4.69) is 5.32 Å². The molecule has 4 aromatic rings. The Kier molecular flexibility index (Phi) is 6.09. The van der Waals surface area contributed by atoms with Gasteiger partial charge in [-0.05, 0) is 61.4 Å². The van der Waals surface area contributed by atoms with Gasteiger partial charge in [-0.2, -0.15) is 0 Å². The zero-order valence-corrected chi connectivity index (χ0v) is 20.0. The number of nitrogens with zero attached hydrogens (tertiary/aromatic N) is 2. The Bertz CT molecular complexity index is 1510. The Morgan fingerprint density at radius 3 is 2.48 bits per heavy atom. The number of sulfonamides is 1. The van der Waals surface area contributed by atoms with Crippen LogP contribution in [0.2, 0.25) is 0 Å². The molecule has 0 unspecified atom stereocenters. The minimum absolute atomic E-state index is 0.0940. The zero-order chi connectivity index (χ0) is 23.8. The normalized spacial score (nSPS) is 11.5. The first-order valence-electron chi connectivity index (χ1n) is 10.2. The molecule has 0 spiro atoms. The number of thiazole rings is 1. The molecular weight excluding hydrogens is 458 g/mol. The summed E-state index contributed by atoms with van der Waals surface area (Å²) < 4.78 is 30.4. The predicted molar refractivity (Wildman–Crippen MR) is 133 cm³/mol. The van der Waals surface area contributed by atoms with Gasteiger partial charge in [0.25, 0.3) is 10.0 Å². The summed E-state index contributed by atoms with van der Waals surface area (Å²) in [6, 6.07) is 18.6. The standard InChI is InChI=1S/C24H23N3O4S2/c1-16-8-7-11-20(17(16)2)27(33(30,31)19-9-5-4-6-10-19)15-23(28)25-18-12-13-21-22(14-18)32-24(29)26(21)3/h4-14H,15H2,1-3H3,(H,25,28). The maximum absolute atomic E-state index is 13.5. The van der Waals surface area contributed by atoms with E-state index in [4.69, 9.17) is 0 Å². The first-order valence-corrected chi connectivity index (χ1v) is 12.5. The fourth-order valence-electron chi connectivity index (χ4n) is 3.57. The summed E-state index contributed by atoms with van der Waals surface area (Å²) in [4.78, 5) is 24.9. The Balaban J connectivity index is 1.68. The molecule has 7 nitrogen and oxygen atoms in total. The molecule has 170 valence electrons. The van der Waals surface area contributed by atoms with Gasteiger partial charge in [0.05, 0.1) is 20.8 Å². The van der Waals surface area contributed by atoms with E-state index in [1.54, 1.807) is 60.1 Å². The fourth-order valence-corrected chi connectivity index (χ4v) is 5.99. The number of fused-ring (bicyclic) bond motifs is 1. The minimum atomic E-state index is -3.99. The first kappa shape index (κ1) is 22.8. The van der Waals surface area contributed by atoms with Crippen molar-refractivity contribution in [2.75, 3.05) is 16.2 Å². The van der Waals surface area contributed by atoms with Gasteiger partial charge in [-0.3, -0.25) is 13.9 Å². The van der Waals surface area contributed by atoms with Crippen LogP contribution in [0, 0.1) is 13.8 Å². The monoisotopic (exact) mass is 481 g/mol. The van der Waals surface area contributed by atoms with Crippen LogP contribution in [0.15, 0.2) is 76.4 Å². The van der Waals surface area contributed by atoms with Crippen molar-refractivity contribution in [2.45, 2.75) is 18.7 Å². The van der Waals surface area contributed by atoms with Crippen LogP contribution in [0.1, 0.15) is 11.1 Å². The summed E-state index contributed by atoms with van der Waals surface area (Å²) in [5.74, 6) is -0.488. The van der Waals surface area contributed by atoms with Crippen molar-refractivity contribution >= 4 is 48.9 Å². The second-order valence-electron chi connectivity index (χ2n) is 7.70. The number of nitrogens with one attached hydrogen (secondary N) is 1. The number of carbonyl (C=O) groups is 1. The van der Waals surface area contributed by atoms with Crippen LogP contribution in [-0.2, 0) is 21.9 Å². The van der Waals surface area contributed by atoms with Crippen molar-refractivity contribution in [2.24, 2.45) is 7.05 Å². The zero-order valence-electron chi connectivity index (χ0n) is 18.4. The summed E-state index contributed by atoms with van der Waals surface area (Å²) in [5, 5.41) is 2.77. The van der Waals surface area contributed by atoms with E-state index in [1.165, 1.54) is 12.1 Å². The van der Waals surface area contributed by atoms with E-state index in [1.807, 2.05) is 19.9 Å². The molecule has 0 radical (unpaired) electrons. The smallest absolute Gasteiger partial charge is 0.307 e. The quantitative estimate of drug-likeness (QED) is 0.450. The number of hydrogen-bond acceptors (Lipinski definition) is 5. The van der Waals surface area contributed by atoms with Crippen LogP contribution >= 0.6 is 11.3 Å². The minimum Gasteiger partial charge on any atom is -0.324 e. The second-order valence-corrected chi connectivity index (χ2v) is 10.6. The van der Waals surface area contributed by atoms with Crippen molar-refractivity contribution in [1.29, 1.82) is 0 Å². The van der Waals surface area contributed by atoms with Crippen LogP contribution in [0.3, 0.4) is 0 Å². The summed E-state index contributed by atoms with van der Waals surface area (Å²) in [6.07, 6.45) is 0. The highest BCUT2D eigenvalue weighted by Gasteiger charge is 2.28. The van der Waals surface area contributed by atoms with Crippen LogP contribution in [0.4, 0.5) is 11.4 Å². The molecule has 0 aliphatic carbocycles. The Hall–Kier alpha value is -3.43. The molecule has 33 heavy (non-hydrogen) atoms. The van der Waals surface area contributed by atoms with Crippen molar-refractivity contribution in [3.05, 3.63) is 87.5 Å². The molecule has 1 amide bonds. The van der Waals surface area contributed by atoms with E-state index in [0.717, 1.165) is 37.0 Å². The predicted octanol–water partition coefficient (Wildman–Crippen LogP) is 4.05. The molecule has 0 fully saturated rings. The van der Waals surface area contributed by atoms with Crippen LogP contribution in [0.5, 0.6) is 0 Å². The van der Waals surface area contributed by atoms with Gasteiger partial charge in [-0.25, -0.2) is 8.42 Å². The second kappa shape index (κ2) is 8.84. The van der Waals surface area contributed by atoms with Crippen molar-refractivity contribution in [3.8, 4) is 0 Å². The number of aromatic nitrogens is 1. The van der Waals surface area contributed by atoms with E-state index >= 15 is 0 Å². The molecule has 0 bridgehead atoms. The van der Waals surface area contributed by atoms with E-state index in [-0.39, 0.29) is 9.77 Å². The number of anilines is 2. The fraction of sp³-hybridized carbons (Fsp3) is 0.167. The summed E-state index contributed by atoms with van der Waals surface area (Å²) in [6.45, 7) is 3.33. The SMILES string of the molecule is Cc1cccc(N(CC(=O)Nc2ccc3c(c2)sc(=O)n3C)S(=O)(=O)c2ccccc2)c1C. The van der Waals surface area contributed by atoms with Crippen LogP contribution in [-0.4, -0.2) is 25.4 Å². The number of rotatable bonds is 6. The van der Waals surface area contributed by atoms with Gasteiger partial charge in [0.15, 0.2) is 0 Å². The average molecular weight is 482 g/mol. The van der Waals surface area contributed by atoms with E-state index in [0.29, 0.717) is 11.4 Å². The molecule has 0 saturated carbocycles. The molecule has 1 N–H and O–H groups in total. The van der Waals surface area contributed by atoms with Gasteiger partial charge >= 0.3 is 4.87 Å². The first-order chi connectivity index (χ1) is 15.7. The molecule has 0 saturated heterocycles. The highest BCUT2D eigenvalue weighted by atomic mass is 32.2. The van der Waals surface area contributed by atoms with E-state index in [9.17, 15) is 18.0 Å². The number of aryl methyl sites for hydroxylation is 2. The van der Waals surface area contributed by atoms with Crippen molar-refractivity contribution in [3.63, 3.8) is 0 Å². The summed E-state index contributed by atoms with van der Waals surface area (Å²) in [7, 11) is -2.30. The Labute approximate surface area is 196 Å². The Morgan fingerprint density at radius 2 is 1.76 bits per heavy atom. The number of amides is 1. The Morgan fingerprint density at radius 1 is 1.03 bits per heavy atom. The van der Waals surface area contributed by atoms with Gasteiger partial charge in [0.1, 0.15) is 6.54 Å². The molecular formula is C24H23N3O4S2. The lowest BCUT2D eigenvalue weighted by molar-refractivity contribution is -0.114. The molecule has 4 rings (SSSR count). The molecule has 1 aromatic heterocycles. The molecule has 1 heterocycles. The molecule has 0 atom stereocenters. The average Bonchev–Trinajstić information content (AvgIpc) is 3.07. The third-order valence-electron chi connectivity index (χ3n) is 5.54. The maximum Gasteiger partial charge on any atom is 0.307 e. The maximum atomic E-state index is 13.5. The summed E-state index contributed by atoms with van der Waals surface area (Å²) in [5.41, 5.74) is 3.41. The van der Waals surface area contributed by atoms with Gasteiger partial charge < -0.3 is 9.88 Å². The van der Waals surface area contributed by atoms with Crippen molar-refractivity contribution in [1.82, 2.24) is 4.57 Å². The lowest BCUT2D eigenvalue weighted by atomic mass is 10.1. The number of benzene rings is 3. The van der Waals surface area contributed by atoms with Crippen LogP contribution < -0.4 is 14.5 Å². The largest absolute Gasteiger partial charge is 0.324 e. The van der Waals surface area contributed by atoms with Gasteiger partial charge in [0, 0.05) is 12.7 Å². The molecule has 0 aliphatic heterocycles. The van der Waals surface area contributed by atoms with Gasteiger partial charge in [0.2, 0.25) is 5.91 Å². The highest BCUT2D eigenvalue weighted by Crippen LogP contribution is 2.29. The lowest BCUT2D eigenvalue weighted by Gasteiger charge is -2.26. The molecule has 0 aliphatic rings.